The number of anilines is 2. The lowest BCUT2D eigenvalue weighted by Crippen LogP contribution is -2.28. The summed E-state index contributed by atoms with van der Waals surface area (Å²) < 4.78 is 24.3. The summed E-state index contributed by atoms with van der Waals surface area (Å²) in [6, 6.07) is 0.0811. The van der Waals surface area contributed by atoms with Crippen molar-refractivity contribution in [1.29, 1.82) is 0 Å². The Morgan fingerprint density at radius 1 is 1.38 bits per heavy atom. The molecule has 8 nitrogen and oxygen atoms in total. The molecular formula is C10H18ClN5O3S2. The summed E-state index contributed by atoms with van der Waals surface area (Å²) in [5.74, 6) is 0.0333. The zero-order valence-electron chi connectivity index (χ0n) is 11.4. The van der Waals surface area contributed by atoms with Gasteiger partial charge in [-0.15, -0.1) is 22.6 Å². The molecule has 1 aliphatic rings. The van der Waals surface area contributed by atoms with Gasteiger partial charge in [0.05, 0.1) is 6.26 Å². The highest BCUT2D eigenvalue weighted by molar-refractivity contribution is 7.92. The second-order valence-corrected chi connectivity index (χ2v) is 7.62. The quantitative estimate of drug-likeness (QED) is 0.716. The Morgan fingerprint density at radius 3 is 2.62 bits per heavy atom. The maximum absolute atomic E-state index is 11.8. The Hall–Kier alpha value is -0.970. The van der Waals surface area contributed by atoms with Crippen LogP contribution >= 0.6 is 23.7 Å². The highest BCUT2D eigenvalue weighted by atomic mass is 35.5. The third-order valence-electron chi connectivity index (χ3n) is 3.11. The summed E-state index contributed by atoms with van der Waals surface area (Å²) in [5.41, 5.74) is 5.91. The van der Waals surface area contributed by atoms with Crippen LogP contribution in [0.5, 0.6) is 0 Å². The predicted octanol–water partition coefficient (Wildman–Crippen LogP) is 0.787. The number of rotatable bonds is 5. The largest absolute Gasteiger partial charge is 0.327 e. The number of halogens is 1. The summed E-state index contributed by atoms with van der Waals surface area (Å²) in [7, 11) is -3.39. The van der Waals surface area contributed by atoms with E-state index in [2.05, 4.69) is 20.2 Å². The van der Waals surface area contributed by atoms with E-state index in [1.807, 2.05) is 0 Å². The molecule has 0 aromatic carbocycles. The van der Waals surface area contributed by atoms with Gasteiger partial charge in [-0.25, -0.2) is 8.42 Å². The molecule has 0 bridgehead atoms. The van der Waals surface area contributed by atoms with Crippen LogP contribution in [0.15, 0.2) is 0 Å². The van der Waals surface area contributed by atoms with E-state index in [4.69, 9.17) is 5.73 Å². The number of carbonyl (C=O) groups excluding carboxylic acids is 1. The van der Waals surface area contributed by atoms with Gasteiger partial charge in [0.15, 0.2) is 0 Å². The molecule has 11 heteroatoms. The fourth-order valence-electron chi connectivity index (χ4n) is 2.20. The zero-order valence-corrected chi connectivity index (χ0v) is 13.9. The van der Waals surface area contributed by atoms with Crippen molar-refractivity contribution in [3.05, 3.63) is 0 Å². The summed E-state index contributed by atoms with van der Waals surface area (Å²) >= 11 is 0.971. The molecule has 1 aromatic heterocycles. The molecule has 0 aliphatic heterocycles. The Balaban J connectivity index is 0.00000220. The van der Waals surface area contributed by atoms with Crippen molar-refractivity contribution in [2.24, 2.45) is 11.7 Å². The molecule has 4 N–H and O–H groups in total. The van der Waals surface area contributed by atoms with Gasteiger partial charge in [0.2, 0.25) is 26.2 Å². The highest BCUT2D eigenvalue weighted by Gasteiger charge is 2.26. The number of aromatic nitrogens is 2. The zero-order chi connectivity index (χ0) is 14.8. The minimum absolute atomic E-state index is 0. The number of nitrogens with two attached hydrogens (primary N) is 1. The van der Waals surface area contributed by atoms with E-state index in [0.29, 0.717) is 6.42 Å². The lowest BCUT2D eigenvalue weighted by atomic mass is 10.00. The summed E-state index contributed by atoms with van der Waals surface area (Å²) in [6.07, 6.45) is 4.36. The smallest absolute Gasteiger partial charge is 0.231 e. The van der Waals surface area contributed by atoms with Crippen molar-refractivity contribution in [3.8, 4) is 0 Å². The second-order valence-electron chi connectivity index (χ2n) is 4.89. The van der Waals surface area contributed by atoms with Crippen molar-refractivity contribution >= 4 is 49.9 Å². The average Bonchev–Trinajstić information content (AvgIpc) is 2.87. The number of nitrogens with zero attached hydrogens (tertiary/aromatic N) is 2. The molecule has 1 saturated carbocycles. The van der Waals surface area contributed by atoms with E-state index in [1.54, 1.807) is 0 Å². The molecule has 2 atom stereocenters. The van der Waals surface area contributed by atoms with Crippen LogP contribution in [0.3, 0.4) is 0 Å². The molecule has 1 heterocycles. The third-order valence-corrected chi connectivity index (χ3v) is 4.56. The molecule has 0 saturated heterocycles. The second kappa shape index (κ2) is 7.34. The van der Waals surface area contributed by atoms with E-state index in [-0.39, 0.29) is 40.5 Å². The fraction of sp³-hybridized carbons (Fsp3) is 0.700. The van der Waals surface area contributed by atoms with Crippen LogP contribution < -0.4 is 15.8 Å². The van der Waals surface area contributed by atoms with Crippen LogP contribution in [-0.4, -0.2) is 36.8 Å². The Bertz CT molecular complexity index is 591. The number of hydrogen-bond acceptors (Lipinski definition) is 7. The maximum Gasteiger partial charge on any atom is 0.231 e. The SMILES string of the molecule is CS(=O)(=O)Nc1nnc(NC(=O)C[C@@H]2CCC[C@H]2N)s1.Cl. The van der Waals surface area contributed by atoms with Gasteiger partial charge in [-0.05, 0) is 18.8 Å². The predicted molar refractivity (Wildman–Crippen MR) is 84.2 cm³/mol. The van der Waals surface area contributed by atoms with Crippen LogP contribution in [0.4, 0.5) is 10.3 Å². The van der Waals surface area contributed by atoms with Gasteiger partial charge in [-0.1, -0.05) is 17.8 Å². The normalized spacial score (nSPS) is 21.6. The number of hydrogen-bond donors (Lipinski definition) is 3. The van der Waals surface area contributed by atoms with Gasteiger partial charge in [0.1, 0.15) is 0 Å². The first-order valence-electron chi connectivity index (χ1n) is 6.20. The fourth-order valence-corrected chi connectivity index (χ4v) is 3.69. The first kappa shape index (κ1) is 18.1. The molecule has 0 radical (unpaired) electrons. The third kappa shape index (κ3) is 5.73. The van der Waals surface area contributed by atoms with Crippen LogP contribution in [0, 0.1) is 5.92 Å². The summed E-state index contributed by atoms with van der Waals surface area (Å²) in [5, 5.41) is 10.4. The molecule has 1 aromatic rings. The van der Waals surface area contributed by atoms with E-state index in [9.17, 15) is 13.2 Å². The first-order chi connectivity index (χ1) is 9.33. The Morgan fingerprint density at radius 2 is 2.05 bits per heavy atom. The molecule has 0 spiro atoms. The molecule has 0 unspecified atom stereocenters. The standard InChI is InChI=1S/C10H17N5O3S2.ClH/c1-20(17,18)15-10-14-13-9(19-10)12-8(16)5-6-3-2-4-7(6)11;/h6-7H,2-5,11H2,1H3,(H,14,15)(H,12,13,16);1H/t6-,7+;/m0./s1. The lowest BCUT2D eigenvalue weighted by molar-refractivity contribution is -0.117. The number of sulfonamides is 1. The Kier molecular flexibility index (Phi) is 6.32. The van der Waals surface area contributed by atoms with Crippen LogP contribution in [0.2, 0.25) is 0 Å². The molecule has 1 fully saturated rings. The molecular weight excluding hydrogens is 338 g/mol. The van der Waals surface area contributed by atoms with Crippen molar-refractivity contribution < 1.29 is 13.2 Å². The molecule has 2 rings (SSSR count). The van der Waals surface area contributed by atoms with E-state index in [0.717, 1.165) is 36.9 Å². The number of amides is 1. The van der Waals surface area contributed by atoms with Crippen LogP contribution in [0.1, 0.15) is 25.7 Å². The van der Waals surface area contributed by atoms with E-state index < -0.39 is 10.0 Å². The van der Waals surface area contributed by atoms with Crippen molar-refractivity contribution in [2.45, 2.75) is 31.7 Å². The van der Waals surface area contributed by atoms with Crippen molar-refractivity contribution in [2.75, 3.05) is 16.3 Å². The van der Waals surface area contributed by atoms with Crippen molar-refractivity contribution in [1.82, 2.24) is 10.2 Å². The minimum atomic E-state index is -3.39. The highest BCUT2D eigenvalue weighted by Crippen LogP contribution is 2.27. The van der Waals surface area contributed by atoms with Gasteiger partial charge < -0.3 is 11.1 Å². The van der Waals surface area contributed by atoms with Crippen molar-refractivity contribution in [3.63, 3.8) is 0 Å². The van der Waals surface area contributed by atoms with E-state index in [1.165, 1.54) is 0 Å². The molecule has 1 aliphatic carbocycles. The molecule has 120 valence electrons. The molecule has 1 amide bonds. The van der Waals surface area contributed by atoms with Gasteiger partial charge in [-0.2, -0.15) is 0 Å². The first-order valence-corrected chi connectivity index (χ1v) is 8.91. The van der Waals surface area contributed by atoms with Crippen LogP contribution in [-0.2, 0) is 14.8 Å². The topological polar surface area (TPSA) is 127 Å². The number of nitrogens with one attached hydrogen (secondary N) is 2. The number of carbonyl (C=O) groups is 1. The van der Waals surface area contributed by atoms with Gasteiger partial charge in [0, 0.05) is 12.5 Å². The summed E-state index contributed by atoms with van der Waals surface area (Å²) in [4.78, 5) is 11.8. The average molecular weight is 356 g/mol. The minimum Gasteiger partial charge on any atom is -0.327 e. The Labute approximate surface area is 133 Å². The maximum atomic E-state index is 11.8. The van der Waals surface area contributed by atoms with Gasteiger partial charge in [-0.3, -0.25) is 9.52 Å². The monoisotopic (exact) mass is 355 g/mol. The van der Waals surface area contributed by atoms with E-state index >= 15 is 0 Å². The van der Waals surface area contributed by atoms with Crippen LogP contribution in [0.25, 0.3) is 0 Å². The van der Waals surface area contributed by atoms with Gasteiger partial charge in [0.25, 0.3) is 0 Å². The lowest BCUT2D eigenvalue weighted by Gasteiger charge is -2.13. The summed E-state index contributed by atoms with van der Waals surface area (Å²) in [6.45, 7) is 0. The molecule has 21 heavy (non-hydrogen) atoms. The van der Waals surface area contributed by atoms with Gasteiger partial charge >= 0.3 is 0 Å².